The molecule has 2 aromatic heterocycles. The first-order valence-corrected chi connectivity index (χ1v) is 12.6. The van der Waals surface area contributed by atoms with Gasteiger partial charge in [0, 0.05) is 11.4 Å². The molecular weight excluding hydrogens is 471 g/mol. The maximum absolute atomic E-state index is 15.1. The van der Waals surface area contributed by atoms with Gasteiger partial charge in [0.1, 0.15) is 12.4 Å². The van der Waals surface area contributed by atoms with Crippen molar-refractivity contribution in [2.24, 2.45) is 0 Å². The van der Waals surface area contributed by atoms with Gasteiger partial charge in [-0.25, -0.2) is 9.37 Å². The molecule has 0 atom stereocenters. The van der Waals surface area contributed by atoms with E-state index in [2.05, 4.69) is 0 Å². The highest BCUT2D eigenvalue weighted by Gasteiger charge is 2.22. The fourth-order valence-electron chi connectivity index (χ4n) is 4.23. The molecule has 0 saturated heterocycles. The van der Waals surface area contributed by atoms with E-state index in [0.717, 1.165) is 16.0 Å². The number of benzene rings is 3. The van der Waals surface area contributed by atoms with Crippen molar-refractivity contribution < 1.29 is 9.13 Å². The Balaban J connectivity index is 1.62. The smallest absolute Gasteiger partial charge is 0.262 e. The Hall–Kier alpha value is -4.03. The molecule has 36 heavy (non-hydrogen) atoms. The molecule has 0 radical (unpaired) electrons. The van der Waals surface area contributed by atoms with Crippen LogP contribution in [0.3, 0.4) is 0 Å². The summed E-state index contributed by atoms with van der Waals surface area (Å²) >= 11 is 1.50. The minimum absolute atomic E-state index is 0.0880. The molecule has 0 bridgehead atoms. The van der Waals surface area contributed by atoms with Crippen molar-refractivity contribution in [2.45, 2.75) is 26.5 Å². The summed E-state index contributed by atoms with van der Waals surface area (Å²) in [5, 5.41) is 1.94. The first-order chi connectivity index (χ1) is 17.6. The summed E-state index contributed by atoms with van der Waals surface area (Å²) in [6, 6.07) is 28.2. The van der Waals surface area contributed by atoms with Crippen LogP contribution in [-0.2, 0) is 19.6 Å². The largest absolute Gasteiger partial charge is 0.485 e. The van der Waals surface area contributed by atoms with E-state index < -0.39 is 5.82 Å². The molecule has 180 valence electrons. The number of nitrogens with zero attached hydrogens (tertiary/aromatic N) is 2. The third kappa shape index (κ3) is 4.99. The van der Waals surface area contributed by atoms with Crippen molar-refractivity contribution >= 4 is 11.3 Å². The predicted molar refractivity (Wildman–Crippen MR) is 143 cm³/mol. The van der Waals surface area contributed by atoms with E-state index in [-0.39, 0.29) is 17.9 Å². The molecule has 0 fully saturated rings. The van der Waals surface area contributed by atoms with Gasteiger partial charge in [0.2, 0.25) is 0 Å². The Morgan fingerprint density at radius 1 is 0.889 bits per heavy atom. The molecule has 0 amide bonds. The number of para-hydroxylation sites is 1. The average molecular weight is 497 g/mol. The van der Waals surface area contributed by atoms with Crippen LogP contribution in [0.5, 0.6) is 5.75 Å². The summed E-state index contributed by atoms with van der Waals surface area (Å²) in [6.07, 6.45) is 0.637. The summed E-state index contributed by atoms with van der Waals surface area (Å²) in [5.74, 6) is -0.00596. The van der Waals surface area contributed by atoms with Crippen LogP contribution >= 0.6 is 11.3 Å². The van der Waals surface area contributed by atoms with Gasteiger partial charge in [-0.15, -0.1) is 11.3 Å². The second-order valence-corrected chi connectivity index (χ2v) is 9.40. The molecule has 6 heteroatoms. The Bertz CT molecular complexity index is 1510. The quantitative estimate of drug-likeness (QED) is 0.235. The second kappa shape index (κ2) is 10.7. The van der Waals surface area contributed by atoms with E-state index in [1.54, 1.807) is 16.7 Å². The maximum Gasteiger partial charge on any atom is 0.262 e. The minimum Gasteiger partial charge on any atom is -0.485 e. The molecule has 5 rings (SSSR count). The summed E-state index contributed by atoms with van der Waals surface area (Å²) < 4.78 is 22.7. The average Bonchev–Trinajstić information content (AvgIpc) is 3.43. The summed E-state index contributed by atoms with van der Waals surface area (Å²) in [7, 11) is 0. The number of halogens is 1. The van der Waals surface area contributed by atoms with Gasteiger partial charge in [-0.1, -0.05) is 72.8 Å². The van der Waals surface area contributed by atoms with Gasteiger partial charge in [0.25, 0.3) is 5.56 Å². The summed E-state index contributed by atoms with van der Waals surface area (Å²) in [6.45, 7) is 2.43. The van der Waals surface area contributed by atoms with Crippen LogP contribution in [0.4, 0.5) is 4.39 Å². The first-order valence-electron chi connectivity index (χ1n) is 11.8. The zero-order valence-electron chi connectivity index (χ0n) is 19.9. The van der Waals surface area contributed by atoms with Gasteiger partial charge in [-0.2, -0.15) is 0 Å². The van der Waals surface area contributed by atoms with E-state index >= 15 is 4.39 Å². The molecule has 0 N–H and O–H groups in total. The van der Waals surface area contributed by atoms with Gasteiger partial charge in [0.05, 0.1) is 16.8 Å². The van der Waals surface area contributed by atoms with Crippen molar-refractivity contribution in [3.05, 3.63) is 129 Å². The van der Waals surface area contributed by atoms with E-state index in [0.29, 0.717) is 35.6 Å². The fourth-order valence-corrected chi connectivity index (χ4v) is 5.04. The Labute approximate surface area is 213 Å². The van der Waals surface area contributed by atoms with Crippen molar-refractivity contribution in [1.29, 1.82) is 0 Å². The van der Waals surface area contributed by atoms with Crippen LogP contribution in [-0.4, -0.2) is 9.55 Å². The van der Waals surface area contributed by atoms with E-state index in [9.17, 15) is 4.79 Å². The summed E-state index contributed by atoms with van der Waals surface area (Å²) in [5.41, 5.74) is 3.52. The van der Waals surface area contributed by atoms with Gasteiger partial charge >= 0.3 is 0 Å². The Morgan fingerprint density at radius 3 is 2.31 bits per heavy atom. The number of aromatic nitrogens is 2. The molecule has 3 aromatic carbocycles. The molecular formula is C30H25FN2O2S. The highest BCUT2D eigenvalue weighted by Crippen LogP contribution is 2.33. The van der Waals surface area contributed by atoms with Gasteiger partial charge < -0.3 is 4.74 Å². The molecule has 0 unspecified atom stereocenters. The minimum atomic E-state index is -0.493. The first kappa shape index (κ1) is 23.7. The predicted octanol–water partition coefficient (Wildman–Crippen LogP) is 6.91. The van der Waals surface area contributed by atoms with Crippen molar-refractivity contribution in [2.75, 3.05) is 0 Å². The monoisotopic (exact) mass is 496 g/mol. The lowest BCUT2D eigenvalue weighted by Crippen LogP contribution is -2.27. The Morgan fingerprint density at radius 2 is 1.61 bits per heavy atom. The normalized spacial score (nSPS) is 10.9. The third-order valence-electron chi connectivity index (χ3n) is 6.02. The lowest BCUT2D eigenvalue weighted by Gasteiger charge is -2.18. The molecule has 0 saturated carbocycles. The molecule has 2 heterocycles. The van der Waals surface area contributed by atoms with Crippen molar-refractivity contribution in [3.63, 3.8) is 0 Å². The Kier molecular flexibility index (Phi) is 7.05. The fraction of sp³-hybridized carbons (Fsp3) is 0.133. The SMILES string of the molecule is Cc1nc(-c2cccc(F)c2OCc2ccccc2)n(CCc2ccccc2)c(=O)c1-c1cccs1. The molecule has 4 nitrogen and oxygen atoms in total. The zero-order chi connectivity index (χ0) is 24.9. The molecule has 0 aliphatic carbocycles. The highest BCUT2D eigenvalue weighted by molar-refractivity contribution is 7.13. The van der Waals surface area contributed by atoms with Crippen LogP contribution in [0.15, 0.2) is 101 Å². The second-order valence-electron chi connectivity index (χ2n) is 8.46. The van der Waals surface area contributed by atoms with Crippen molar-refractivity contribution in [1.82, 2.24) is 9.55 Å². The zero-order valence-corrected chi connectivity index (χ0v) is 20.7. The number of aryl methyl sites for hydroxylation is 2. The maximum atomic E-state index is 15.1. The van der Waals surface area contributed by atoms with E-state index in [1.165, 1.54) is 17.4 Å². The van der Waals surface area contributed by atoms with Crippen LogP contribution in [0.1, 0.15) is 16.8 Å². The topological polar surface area (TPSA) is 44.1 Å². The van der Waals surface area contributed by atoms with Crippen LogP contribution in [0, 0.1) is 12.7 Å². The van der Waals surface area contributed by atoms with E-state index in [4.69, 9.17) is 9.72 Å². The number of ether oxygens (including phenoxy) is 1. The number of hydrogen-bond donors (Lipinski definition) is 0. The molecule has 0 aliphatic rings. The number of rotatable bonds is 8. The van der Waals surface area contributed by atoms with E-state index in [1.807, 2.05) is 85.1 Å². The number of hydrogen-bond acceptors (Lipinski definition) is 4. The van der Waals surface area contributed by atoms with Crippen LogP contribution in [0.2, 0.25) is 0 Å². The standard InChI is InChI=1S/C30H25FN2O2S/c1-21-27(26-16-9-19-36-26)30(34)33(18-17-22-10-4-2-5-11-22)29(32-21)24-14-8-15-25(31)28(24)35-20-23-12-6-3-7-13-23/h2-16,19H,17-18,20H2,1H3. The third-order valence-corrected chi connectivity index (χ3v) is 6.91. The molecule has 0 spiro atoms. The highest BCUT2D eigenvalue weighted by atomic mass is 32.1. The van der Waals surface area contributed by atoms with Crippen LogP contribution < -0.4 is 10.3 Å². The molecule has 5 aromatic rings. The summed E-state index contributed by atoms with van der Waals surface area (Å²) in [4.78, 5) is 19.6. The lowest BCUT2D eigenvalue weighted by molar-refractivity contribution is 0.291. The number of thiophene rings is 1. The van der Waals surface area contributed by atoms with Gasteiger partial charge in [0.15, 0.2) is 11.6 Å². The van der Waals surface area contributed by atoms with Crippen molar-refractivity contribution in [3.8, 4) is 27.6 Å². The molecule has 0 aliphatic heterocycles. The van der Waals surface area contributed by atoms with Gasteiger partial charge in [-0.05, 0) is 48.1 Å². The van der Waals surface area contributed by atoms with Gasteiger partial charge in [-0.3, -0.25) is 9.36 Å². The van der Waals surface area contributed by atoms with Crippen LogP contribution in [0.25, 0.3) is 21.8 Å². The lowest BCUT2D eigenvalue weighted by atomic mass is 10.1.